The van der Waals surface area contributed by atoms with Crippen LogP contribution in [0.3, 0.4) is 0 Å². The molecule has 5 heteroatoms. The number of rotatable bonds is 5. The topological polar surface area (TPSA) is 49.4 Å². The van der Waals surface area contributed by atoms with Crippen molar-refractivity contribution >= 4 is 21.8 Å². The number of nitrogens with one attached hydrogen (secondary N) is 1. The van der Waals surface area contributed by atoms with Gasteiger partial charge in [-0.15, -0.1) is 0 Å². The van der Waals surface area contributed by atoms with Crippen LogP contribution in [0.25, 0.3) is 6.08 Å². The van der Waals surface area contributed by atoms with Gasteiger partial charge >= 0.3 is 0 Å². The lowest BCUT2D eigenvalue weighted by atomic mass is 10.2. The second-order valence-corrected chi connectivity index (χ2v) is 5.63. The first kappa shape index (κ1) is 13.6. The summed E-state index contributed by atoms with van der Waals surface area (Å²) < 4.78 is 24.4. The van der Waals surface area contributed by atoms with E-state index in [9.17, 15) is 8.42 Å². The summed E-state index contributed by atoms with van der Waals surface area (Å²) in [6.07, 6.45) is 5.10. The third-order valence-electron chi connectivity index (χ3n) is 2.23. The lowest BCUT2D eigenvalue weighted by Crippen LogP contribution is -2.09. The highest BCUT2D eigenvalue weighted by Crippen LogP contribution is 2.12. The van der Waals surface area contributed by atoms with E-state index in [2.05, 4.69) is 16.5 Å². The van der Waals surface area contributed by atoms with Gasteiger partial charge in [0.05, 0.1) is 6.26 Å². The van der Waals surface area contributed by atoms with Crippen molar-refractivity contribution in [2.75, 3.05) is 24.6 Å². The first-order valence-electron chi connectivity index (χ1n) is 5.37. The van der Waals surface area contributed by atoms with E-state index in [4.69, 9.17) is 0 Å². The highest BCUT2D eigenvalue weighted by molar-refractivity contribution is 7.92. The molecule has 1 aromatic rings. The third-order valence-corrected chi connectivity index (χ3v) is 2.84. The fourth-order valence-corrected chi connectivity index (χ4v) is 1.76. The van der Waals surface area contributed by atoms with Crippen molar-refractivity contribution in [3.8, 4) is 0 Å². The molecular weight excluding hydrogens is 236 g/mol. The summed E-state index contributed by atoms with van der Waals surface area (Å²) in [5.74, 6) is 0. The predicted octanol–water partition coefficient (Wildman–Crippen LogP) is 1.98. The summed E-state index contributed by atoms with van der Waals surface area (Å²) in [7, 11) is -1.20. The minimum absolute atomic E-state index is 0.577. The molecular formula is C12H18N2O2S. The average molecular weight is 254 g/mol. The van der Waals surface area contributed by atoms with Gasteiger partial charge in [0.2, 0.25) is 10.0 Å². The number of sulfonamides is 1. The van der Waals surface area contributed by atoms with Crippen LogP contribution in [0.4, 0.5) is 5.69 Å². The maximum atomic E-state index is 11.0. The largest absolute Gasteiger partial charge is 0.381 e. The fourth-order valence-electron chi connectivity index (χ4n) is 1.20. The number of nitrogens with zero attached hydrogens (tertiary/aromatic N) is 1. The fraction of sp³-hybridized carbons (Fsp3) is 0.333. The monoisotopic (exact) mass is 254 g/mol. The van der Waals surface area contributed by atoms with Gasteiger partial charge in [0.15, 0.2) is 0 Å². The van der Waals surface area contributed by atoms with Gasteiger partial charge in [0, 0.05) is 19.3 Å². The van der Waals surface area contributed by atoms with E-state index in [1.54, 1.807) is 12.1 Å². The Morgan fingerprint density at radius 2 is 1.88 bits per heavy atom. The van der Waals surface area contributed by atoms with E-state index in [1.165, 1.54) is 0 Å². The van der Waals surface area contributed by atoms with E-state index >= 15 is 0 Å². The van der Waals surface area contributed by atoms with Gasteiger partial charge in [-0.1, -0.05) is 12.1 Å². The van der Waals surface area contributed by atoms with Gasteiger partial charge in [-0.05, 0) is 36.9 Å². The molecule has 0 spiro atoms. The van der Waals surface area contributed by atoms with E-state index in [0.29, 0.717) is 5.69 Å². The SMILES string of the molecule is CCN(C)C=Cc1ccc(NS(C)(=O)=O)cc1. The van der Waals surface area contributed by atoms with Gasteiger partial charge in [-0.2, -0.15) is 0 Å². The van der Waals surface area contributed by atoms with E-state index in [1.807, 2.05) is 31.5 Å². The molecule has 4 nitrogen and oxygen atoms in total. The molecule has 1 N–H and O–H groups in total. The number of hydrogen-bond donors (Lipinski definition) is 1. The van der Waals surface area contributed by atoms with Crippen LogP contribution >= 0.6 is 0 Å². The predicted molar refractivity (Wildman–Crippen MR) is 72.2 cm³/mol. The first-order valence-corrected chi connectivity index (χ1v) is 7.26. The van der Waals surface area contributed by atoms with Crippen LogP contribution in [0, 0.1) is 0 Å². The second kappa shape index (κ2) is 5.72. The number of benzene rings is 1. The molecule has 0 heterocycles. The lowest BCUT2D eigenvalue weighted by molar-refractivity contribution is 0.487. The van der Waals surface area contributed by atoms with Crippen molar-refractivity contribution in [1.29, 1.82) is 0 Å². The first-order chi connectivity index (χ1) is 7.90. The molecule has 0 saturated heterocycles. The molecule has 0 aliphatic heterocycles. The molecule has 0 bridgehead atoms. The maximum Gasteiger partial charge on any atom is 0.229 e. The van der Waals surface area contributed by atoms with Crippen molar-refractivity contribution in [3.63, 3.8) is 0 Å². The Balaban J connectivity index is 2.72. The molecule has 0 amide bonds. The van der Waals surface area contributed by atoms with Crippen LogP contribution in [0.1, 0.15) is 12.5 Å². The van der Waals surface area contributed by atoms with Gasteiger partial charge < -0.3 is 4.90 Å². The Bertz CT molecular complexity index is 478. The molecule has 0 fully saturated rings. The summed E-state index contributed by atoms with van der Waals surface area (Å²) >= 11 is 0. The molecule has 1 aromatic carbocycles. The Morgan fingerprint density at radius 3 is 2.35 bits per heavy atom. The minimum atomic E-state index is -3.20. The maximum absolute atomic E-state index is 11.0. The van der Waals surface area contributed by atoms with E-state index in [-0.39, 0.29) is 0 Å². The van der Waals surface area contributed by atoms with Crippen molar-refractivity contribution in [3.05, 3.63) is 36.0 Å². The van der Waals surface area contributed by atoms with Gasteiger partial charge in [0.1, 0.15) is 0 Å². The van der Waals surface area contributed by atoms with Crippen LogP contribution in [0.5, 0.6) is 0 Å². The summed E-state index contributed by atoms with van der Waals surface area (Å²) in [6.45, 7) is 3.02. The van der Waals surface area contributed by atoms with Crippen LogP contribution in [-0.4, -0.2) is 33.2 Å². The smallest absolute Gasteiger partial charge is 0.229 e. The summed E-state index contributed by atoms with van der Waals surface area (Å²) in [5.41, 5.74) is 1.61. The highest BCUT2D eigenvalue weighted by Gasteiger charge is 2.00. The van der Waals surface area contributed by atoms with Crippen LogP contribution in [0.15, 0.2) is 30.5 Å². The molecule has 0 saturated carbocycles. The van der Waals surface area contributed by atoms with Crippen LogP contribution in [0.2, 0.25) is 0 Å². The van der Waals surface area contributed by atoms with Crippen molar-refractivity contribution in [2.45, 2.75) is 6.92 Å². The normalized spacial score (nSPS) is 11.7. The number of anilines is 1. The zero-order valence-electron chi connectivity index (χ0n) is 10.3. The zero-order valence-corrected chi connectivity index (χ0v) is 11.2. The van der Waals surface area contributed by atoms with Gasteiger partial charge in [0.25, 0.3) is 0 Å². The molecule has 0 atom stereocenters. The molecule has 17 heavy (non-hydrogen) atoms. The molecule has 0 aliphatic carbocycles. The molecule has 94 valence electrons. The standard InChI is InChI=1S/C12H18N2O2S/c1-4-14(2)10-9-11-5-7-12(8-6-11)13-17(3,15)16/h5-10,13H,4H2,1-3H3. The quantitative estimate of drug-likeness (QED) is 0.874. The Labute approximate surface area is 103 Å². The van der Waals surface area contributed by atoms with Crippen molar-refractivity contribution < 1.29 is 8.42 Å². The zero-order chi connectivity index (χ0) is 12.9. The minimum Gasteiger partial charge on any atom is -0.381 e. The van der Waals surface area contributed by atoms with Crippen molar-refractivity contribution in [2.24, 2.45) is 0 Å². The Hall–Kier alpha value is -1.49. The van der Waals surface area contributed by atoms with Crippen LogP contribution < -0.4 is 4.72 Å². The van der Waals surface area contributed by atoms with Crippen LogP contribution in [-0.2, 0) is 10.0 Å². The summed E-state index contributed by atoms with van der Waals surface area (Å²) in [6, 6.07) is 7.22. The summed E-state index contributed by atoms with van der Waals surface area (Å²) in [4.78, 5) is 2.06. The Kier molecular flexibility index (Phi) is 4.57. The highest BCUT2D eigenvalue weighted by atomic mass is 32.2. The molecule has 0 aliphatic rings. The average Bonchev–Trinajstić information content (AvgIpc) is 2.25. The van der Waals surface area contributed by atoms with E-state index in [0.717, 1.165) is 18.4 Å². The lowest BCUT2D eigenvalue weighted by Gasteiger charge is -2.09. The third kappa shape index (κ3) is 5.40. The molecule has 0 radical (unpaired) electrons. The van der Waals surface area contributed by atoms with E-state index < -0.39 is 10.0 Å². The molecule has 1 rings (SSSR count). The van der Waals surface area contributed by atoms with Crippen molar-refractivity contribution in [1.82, 2.24) is 4.90 Å². The van der Waals surface area contributed by atoms with Gasteiger partial charge in [-0.25, -0.2) is 8.42 Å². The summed E-state index contributed by atoms with van der Waals surface area (Å²) in [5, 5.41) is 0. The molecule has 0 aromatic heterocycles. The Morgan fingerprint density at radius 1 is 1.29 bits per heavy atom. The molecule has 0 unspecified atom stereocenters. The second-order valence-electron chi connectivity index (χ2n) is 3.89. The van der Waals surface area contributed by atoms with Gasteiger partial charge in [-0.3, -0.25) is 4.72 Å². The number of hydrogen-bond acceptors (Lipinski definition) is 3.